The summed E-state index contributed by atoms with van der Waals surface area (Å²) >= 11 is 5.56. The fourth-order valence-electron chi connectivity index (χ4n) is 4.38. The van der Waals surface area contributed by atoms with Crippen LogP contribution in [0.5, 0.6) is 11.5 Å². The van der Waals surface area contributed by atoms with E-state index in [0.29, 0.717) is 47.7 Å². The zero-order valence-electron chi connectivity index (χ0n) is 16.4. The summed E-state index contributed by atoms with van der Waals surface area (Å²) in [6.07, 6.45) is 1.02. The second kappa shape index (κ2) is 7.87. The molecule has 1 unspecified atom stereocenters. The highest BCUT2D eigenvalue weighted by atomic mass is 32.1. The van der Waals surface area contributed by atoms with Crippen molar-refractivity contribution in [1.29, 1.82) is 0 Å². The SMILES string of the molecule is COc1cccc(OC)c1C(=O)NC(=S)N1CC2C[C@H](C1)Cn1c2cccc1=O. The van der Waals surface area contributed by atoms with Crippen LogP contribution in [0.15, 0.2) is 41.2 Å². The predicted octanol–water partition coefficient (Wildman–Crippen LogP) is 2.00. The third kappa shape index (κ3) is 3.60. The van der Waals surface area contributed by atoms with E-state index in [1.165, 1.54) is 14.2 Å². The molecule has 1 aromatic heterocycles. The summed E-state index contributed by atoms with van der Waals surface area (Å²) in [4.78, 5) is 27.1. The monoisotopic (exact) mass is 413 g/mol. The highest BCUT2D eigenvalue weighted by Crippen LogP contribution is 2.35. The molecule has 3 heterocycles. The van der Waals surface area contributed by atoms with Crippen molar-refractivity contribution in [2.75, 3.05) is 27.3 Å². The Morgan fingerprint density at radius 3 is 2.45 bits per heavy atom. The van der Waals surface area contributed by atoms with Crippen LogP contribution >= 0.6 is 12.2 Å². The van der Waals surface area contributed by atoms with Gasteiger partial charge in [0.15, 0.2) is 5.11 Å². The maximum Gasteiger partial charge on any atom is 0.264 e. The van der Waals surface area contributed by atoms with Crippen LogP contribution in [0.4, 0.5) is 0 Å². The van der Waals surface area contributed by atoms with Crippen molar-refractivity contribution in [2.45, 2.75) is 18.9 Å². The Morgan fingerprint density at radius 2 is 1.76 bits per heavy atom. The second-order valence-corrected chi connectivity index (χ2v) is 7.79. The Kier molecular flexibility index (Phi) is 5.27. The summed E-state index contributed by atoms with van der Waals surface area (Å²) in [5.74, 6) is 1.02. The number of likely N-dealkylation sites (tertiary alicyclic amines) is 1. The number of benzene rings is 1. The summed E-state index contributed by atoms with van der Waals surface area (Å²) in [5, 5.41) is 3.21. The first-order chi connectivity index (χ1) is 14.0. The number of carbonyl (C=O) groups excluding carboxylic acids is 1. The number of aromatic nitrogens is 1. The minimum absolute atomic E-state index is 0.0461. The van der Waals surface area contributed by atoms with Gasteiger partial charge in [-0.2, -0.15) is 0 Å². The average molecular weight is 413 g/mol. The highest BCUT2D eigenvalue weighted by Gasteiger charge is 2.35. The van der Waals surface area contributed by atoms with Gasteiger partial charge in [0.1, 0.15) is 17.1 Å². The molecule has 0 radical (unpaired) electrons. The smallest absolute Gasteiger partial charge is 0.264 e. The van der Waals surface area contributed by atoms with Crippen LogP contribution in [0, 0.1) is 5.92 Å². The number of ether oxygens (including phenoxy) is 2. The van der Waals surface area contributed by atoms with Crippen LogP contribution in [0.2, 0.25) is 0 Å². The van der Waals surface area contributed by atoms with Gasteiger partial charge in [-0.3, -0.25) is 14.9 Å². The number of fused-ring (bicyclic) bond motifs is 4. The van der Waals surface area contributed by atoms with Gasteiger partial charge in [0, 0.05) is 37.3 Å². The van der Waals surface area contributed by atoms with E-state index in [1.807, 2.05) is 21.6 Å². The Hall–Kier alpha value is -2.87. The molecular weight excluding hydrogens is 390 g/mol. The van der Waals surface area contributed by atoms with E-state index in [9.17, 15) is 9.59 Å². The third-order valence-corrected chi connectivity index (χ3v) is 6.00. The van der Waals surface area contributed by atoms with E-state index in [2.05, 4.69) is 5.32 Å². The number of nitrogens with zero attached hydrogens (tertiary/aromatic N) is 2. The van der Waals surface area contributed by atoms with Crippen molar-refractivity contribution in [3.63, 3.8) is 0 Å². The van der Waals surface area contributed by atoms with Crippen LogP contribution in [0.25, 0.3) is 0 Å². The summed E-state index contributed by atoms with van der Waals surface area (Å²) in [5.41, 5.74) is 1.40. The third-order valence-electron chi connectivity index (χ3n) is 5.64. The predicted molar refractivity (Wildman–Crippen MR) is 113 cm³/mol. The van der Waals surface area contributed by atoms with Gasteiger partial charge in [0.25, 0.3) is 11.5 Å². The second-order valence-electron chi connectivity index (χ2n) is 7.40. The molecule has 0 aliphatic carbocycles. The standard InChI is InChI=1S/C21H23N3O4S/c1-27-16-6-4-7-17(28-2)19(16)20(26)22-21(29)23-10-13-9-14(12-23)15-5-3-8-18(25)24(15)11-13/h3-8,13-14H,9-12H2,1-2H3,(H,22,26,29)/t13-,14?/m1/s1. The molecular formula is C21H23N3O4S. The Balaban J connectivity index is 1.52. The van der Waals surface area contributed by atoms with Gasteiger partial charge in [-0.05, 0) is 42.8 Å². The number of methoxy groups -OCH3 is 2. The number of hydrogen-bond acceptors (Lipinski definition) is 5. The molecule has 29 heavy (non-hydrogen) atoms. The number of carbonyl (C=O) groups is 1. The lowest BCUT2D eigenvalue weighted by atomic mass is 9.83. The fraction of sp³-hybridized carbons (Fsp3) is 0.381. The number of hydrogen-bond donors (Lipinski definition) is 1. The van der Waals surface area contributed by atoms with Gasteiger partial charge < -0.3 is 18.9 Å². The molecule has 152 valence electrons. The maximum absolute atomic E-state index is 12.9. The molecule has 1 fully saturated rings. The summed E-state index contributed by atoms with van der Waals surface area (Å²) in [6.45, 7) is 2.06. The minimum atomic E-state index is -0.364. The first kappa shape index (κ1) is 19.4. The number of nitrogens with one attached hydrogen (secondary N) is 1. The molecule has 2 aromatic rings. The number of piperidine rings is 1. The summed E-state index contributed by atoms with van der Waals surface area (Å²) in [6, 6.07) is 10.6. The van der Waals surface area contributed by atoms with Crippen molar-refractivity contribution in [2.24, 2.45) is 5.92 Å². The average Bonchev–Trinajstić information content (AvgIpc) is 2.73. The maximum atomic E-state index is 12.9. The highest BCUT2D eigenvalue weighted by molar-refractivity contribution is 7.80. The van der Waals surface area contributed by atoms with E-state index >= 15 is 0 Å². The number of pyridine rings is 1. The van der Waals surface area contributed by atoms with Crippen molar-refractivity contribution in [3.8, 4) is 11.5 Å². The van der Waals surface area contributed by atoms with Gasteiger partial charge in [0.2, 0.25) is 0 Å². The van der Waals surface area contributed by atoms with Crippen LogP contribution in [-0.4, -0.2) is 47.8 Å². The van der Waals surface area contributed by atoms with Gasteiger partial charge in [-0.1, -0.05) is 12.1 Å². The Labute approximate surface area is 174 Å². The van der Waals surface area contributed by atoms with Crippen LogP contribution in [0.3, 0.4) is 0 Å². The summed E-state index contributed by atoms with van der Waals surface area (Å²) < 4.78 is 12.5. The van der Waals surface area contributed by atoms with E-state index in [1.54, 1.807) is 24.3 Å². The molecule has 1 amide bonds. The van der Waals surface area contributed by atoms with E-state index in [4.69, 9.17) is 21.7 Å². The quantitative estimate of drug-likeness (QED) is 0.776. The van der Waals surface area contributed by atoms with E-state index in [0.717, 1.165) is 12.1 Å². The van der Waals surface area contributed by atoms with Gasteiger partial charge in [0.05, 0.1) is 14.2 Å². The molecule has 2 atom stereocenters. The molecule has 7 nitrogen and oxygen atoms in total. The molecule has 2 aliphatic heterocycles. The molecule has 1 aromatic carbocycles. The lowest BCUT2D eigenvalue weighted by molar-refractivity contribution is 0.0961. The molecule has 4 rings (SSSR count). The zero-order chi connectivity index (χ0) is 20.5. The van der Waals surface area contributed by atoms with Crippen molar-refractivity contribution in [1.82, 2.24) is 14.8 Å². The Morgan fingerprint density at radius 1 is 1.07 bits per heavy atom. The fourth-order valence-corrected chi connectivity index (χ4v) is 4.62. The zero-order valence-corrected chi connectivity index (χ0v) is 17.2. The molecule has 0 spiro atoms. The molecule has 0 saturated carbocycles. The topological polar surface area (TPSA) is 72.8 Å². The Bertz CT molecular complexity index is 997. The van der Waals surface area contributed by atoms with E-state index in [-0.39, 0.29) is 17.4 Å². The summed E-state index contributed by atoms with van der Waals surface area (Å²) in [7, 11) is 3.02. The normalized spacial score (nSPS) is 19.9. The molecule has 2 aliphatic rings. The van der Waals surface area contributed by atoms with Gasteiger partial charge >= 0.3 is 0 Å². The molecule has 1 saturated heterocycles. The number of thiocarbonyl (C=S) groups is 1. The molecule has 8 heteroatoms. The van der Waals surface area contributed by atoms with Crippen molar-refractivity contribution < 1.29 is 14.3 Å². The first-order valence-corrected chi connectivity index (χ1v) is 9.93. The van der Waals surface area contributed by atoms with Crippen LogP contribution in [-0.2, 0) is 6.54 Å². The lowest BCUT2D eigenvalue weighted by Crippen LogP contribution is -2.52. The van der Waals surface area contributed by atoms with Crippen molar-refractivity contribution in [3.05, 3.63) is 58.0 Å². The first-order valence-electron chi connectivity index (χ1n) is 9.52. The van der Waals surface area contributed by atoms with Gasteiger partial charge in [-0.25, -0.2) is 0 Å². The van der Waals surface area contributed by atoms with Crippen molar-refractivity contribution >= 4 is 23.2 Å². The molecule has 2 bridgehead atoms. The lowest BCUT2D eigenvalue weighted by Gasteiger charge is -2.43. The van der Waals surface area contributed by atoms with E-state index < -0.39 is 0 Å². The molecule has 1 N–H and O–H groups in total. The minimum Gasteiger partial charge on any atom is -0.496 e. The number of rotatable bonds is 3. The largest absolute Gasteiger partial charge is 0.496 e. The van der Waals surface area contributed by atoms with Crippen LogP contribution < -0.4 is 20.3 Å². The van der Waals surface area contributed by atoms with Crippen LogP contribution in [0.1, 0.15) is 28.4 Å². The number of amides is 1. The van der Waals surface area contributed by atoms with Gasteiger partial charge in [-0.15, -0.1) is 0 Å².